The van der Waals surface area contributed by atoms with Gasteiger partial charge in [-0.1, -0.05) is 0 Å². The van der Waals surface area contributed by atoms with Crippen LogP contribution in [0.3, 0.4) is 0 Å². The first-order valence-corrected chi connectivity index (χ1v) is 2.24. The zero-order valence-corrected chi connectivity index (χ0v) is 4.50. The highest BCUT2D eigenvalue weighted by atomic mass is 19.1. The topological polar surface area (TPSA) is 30.7 Å². The van der Waals surface area contributed by atoms with Crippen molar-refractivity contribution >= 4 is 0 Å². The molecule has 0 bridgehead atoms. The number of hydrogen-bond acceptors (Lipinski definition) is 2. The van der Waals surface area contributed by atoms with E-state index in [9.17, 15) is 4.39 Å². The van der Waals surface area contributed by atoms with Crippen molar-refractivity contribution in [2.24, 2.45) is 7.05 Å². The maximum atomic E-state index is 11.6. The average molecular weight is 115 g/mol. The van der Waals surface area contributed by atoms with Gasteiger partial charge < -0.3 is 0 Å². The van der Waals surface area contributed by atoms with Gasteiger partial charge in [-0.15, -0.1) is 0 Å². The molecule has 1 aromatic rings. The molecule has 0 aliphatic carbocycles. The quantitative estimate of drug-likeness (QED) is 0.526. The number of aryl methyl sites for hydroxylation is 1. The molecular formula is C4H6FN3. The Bertz CT molecular complexity index is 172. The van der Waals surface area contributed by atoms with Crippen LogP contribution in [0.5, 0.6) is 0 Å². The van der Waals surface area contributed by atoms with Crippen molar-refractivity contribution in [3.05, 3.63) is 11.9 Å². The summed E-state index contributed by atoms with van der Waals surface area (Å²) in [5.41, 5.74) is 0.382. The van der Waals surface area contributed by atoms with Gasteiger partial charge in [0, 0.05) is 7.05 Å². The highest BCUT2D eigenvalue weighted by molar-refractivity contribution is 4.86. The van der Waals surface area contributed by atoms with Crippen LogP contribution in [0.4, 0.5) is 4.39 Å². The molecule has 0 aromatic carbocycles. The van der Waals surface area contributed by atoms with E-state index in [0.717, 1.165) is 0 Å². The minimum absolute atomic E-state index is 0.382. The van der Waals surface area contributed by atoms with E-state index in [1.54, 1.807) is 7.05 Å². The van der Waals surface area contributed by atoms with Gasteiger partial charge in [0.05, 0.1) is 6.20 Å². The molecule has 8 heavy (non-hydrogen) atoms. The number of nitrogens with zero attached hydrogens (tertiary/aromatic N) is 3. The highest BCUT2D eigenvalue weighted by Gasteiger charge is 1.92. The molecule has 0 radical (unpaired) electrons. The lowest BCUT2D eigenvalue weighted by molar-refractivity contribution is 0.470. The molecule has 0 saturated carbocycles. The molecule has 3 nitrogen and oxygen atoms in total. The van der Waals surface area contributed by atoms with Gasteiger partial charge in [-0.3, -0.25) is 0 Å². The lowest BCUT2D eigenvalue weighted by atomic mass is 10.5. The fourth-order valence-electron chi connectivity index (χ4n) is 0.449. The molecule has 0 fully saturated rings. The van der Waals surface area contributed by atoms with E-state index < -0.39 is 6.67 Å². The molecule has 0 saturated heterocycles. The van der Waals surface area contributed by atoms with Gasteiger partial charge in [0.25, 0.3) is 0 Å². The first kappa shape index (κ1) is 5.21. The third-order valence-electron chi connectivity index (χ3n) is 0.784. The van der Waals surface area contributed by atoms with Gasteiger partial charge in [-0.05, 0) is 0 Å². The smallest absolute Gasteiger partial charge is 0.135 e. The Kier molecular flexibility index (Phi) is 1.24. The molecule has 0 N–H and O–H groups in total. The second-order valence-corrected chi connectivity index (χ2v) is 1.46. The van der Waals surface area contributed by atoms with E-state index in [1.807, 2.05) is 0 Å². The third-order valence-corrected chi connectivity index (χ3v) is 0.784. The summed E-state index contributed by atoms with van der Waals surface area (Å²) in [6.07, 6.45) is 1.40. The first-order chi connectivity index (χ1) is 3.83. The van der Waals surface area contributed by atoms with Crippen LogP contribution in [-0.4, -0.2) is 15.0 Å². The van der Waals surface area contributed by atoms with Gasteiger partial charge >= 0.3 is 0 Å². The van der Waals surface area contributed by atoms with Gasteiger partial charge in [0.2, 0.25) is 0 Å². The van der Waals surface area contributed by atoms with Crippen molar-refractivity contribution < 1.29 is 4.39 Å². The van der Waals surface area contributed by atoms with Crippen LogP contribution < -0.4 is 0 Å². The van der Waals surface area contributed by atoms with Crippen molar-refractivity contribution in [3.8, 4) is 0 Å². The predicted octanol–water partition coefficient (Wildman–Crippen LogP) is 0.285. The van der Waals surface area contributed by atoms with Crippen LogP contribution in [-0.2, 0) is 13.7 Å². The van der Waals surface area contributed by atoms with Crippen molar-refractivity contribution in [1.82, 2.24) is 15.0 Å². The minimum atomic E-state index is -0.534. The summed E-state index contributed by atoms with van der Waals surface area (Å²) < 4.78 is 11.6. The molecule has 1 heterocycles. The van der Waals surface area contributed by atoms with Gasteiger partial charge in [-0.25, -0.2) is 4.39 Å². The molecule has 1 aromatic heterocycles. The van der Waals surface area contributed by atoms with Crippen LogP contribution in [0.2, 0.25) is 0 Å². The maximum absolute atomic E-state index is 11.6. The van der Waals surface area contributed by atoms with E-state index in [4.69, 9.17) is 0 Å². The lowest BCUT2D eigenvalue weighted by Gasteiger charge is -1.79. The third kappa shape index (κ3) is 0.828. The lowest BCUT2D eigenvalue weighted by Crippen LogP contribution is -1.91. The summed E-state index contributed by atoms with van der Waals surface area (Å²) in [6.45, 7) is -0.534. The minimum Gasteiger partial charge on any atom is -0.244 e. The highest BCUT2D eigenvalue weighted by Crippen LogP contribution is 1.90. The van der Waals surface area contributed by atoms with Crippen LogP contribution >= 0.6 is 0 Å². The molecule has 1 rings (SSSR count). The number of alkyl halides is 1. The zero-order chi connectivity index (χ0) is 5.98. The molecule has 4 heteroatoms. The van der Waals surface area contributed by atoms with E-state index >= 15 is 0 Å². The zero-order valence-electron chi connectivity index (χ0n) is 4.50. The Labute approximate surface area is 46.1 Å². The van der Waals surface area contributed by atoms with Crippen molar-refractivity contribution in [2.45, 2.75) is 6.67 Å². The number of hydrogen-bond donors (Lipinski definition) is 0. The SMILES string of the molecule is Cn1ncc(CF)n1. The Hall–Kier alpha value is -0.930. The molecule has 0 aliphatic heterocycles. The summed E-state index contributed by atoms with van der Waals surface area (Å²) in [4.78, 5) is 1.33. The van der Waals surface area contributed by atoms with Crippen molar-refractivity contribution in [2.75, 3.05) is 0 Å². The molecule has 0 unspecified atom stereocenters. The summed E-state index contributed by atoms with van der Waals surface area (Å²) in [7, 11) is 1.65. The molecule has 0 amide bonds. The second kappa shape index (κ2) is 1.90. The molecule has 0 atom stereocenters. The molecule has 44 valence electrons. The summed E-state index contributed by atoms with van der Waals surface area (Å²) >= 11 is 0. The van der Waals surface area contributed by atoms with Gasteiger partial charge in [0.1, 0.15) is 12.4 Å². The summed E-state index contributed by atoms with van der Waals surface area (Å²) in [5.74, 6) is 0. The van der Waals surface area contributed by atoms with Crippen molar-refractivity contribution in [3.63, 3.8) is 0 Å². The summed E-state index contributed by atoms with van der Waals surface area (Å²) in [5, 5.41) is 7.31. The van der Waals surface area contributed by atoms with Gasteiger partial charge in [0.15, 0.2) is 0 Å². The predicted molar refractivity (Wildman–Crippen MR) is 25.8 cm³/mol. The molecular weight excluding hydrogens is 109 g/mol. The van der Waals surface area contributed by atoms with Gasteiger partial charge in [-0.2, -0.15) is 15.0 Å². The monoisotopic (exact) mass is 115 g/mol. The standard InChI is InChI=1S/C4H6FN3/c1-8-6-3-4(2-5)7-8/h3H,2H2,1H3. The van der Waals surface area contributed by atoms with Crippen LogP contribution in [0, 0.1) is 0 Å². The Balaban J connectivity index is 2.84. The summed E-state index contributed by atoms with van der Waals surface area (Å²) in [6, 6.07) is 0. The number of rotatable bonds is 1. The normalized spacial score (nSPS) is 9.75. The van der Waals surface area contributed by atoms with Crippen LogP contribution in [0.15, 0.2) is 6.20 Å². The Morgan fingerprint density at radius 3 is 2.88 bits per heavy atom. The van der Waals surface area contributed by atoms with E-state index in [2.05, 4.69) is 10.2 Å². The van der Waals surface area contributed by atoms with Crippen LogP contribution in [0.25, 0.3) is 0 Å². The first-order valence-electron chi connectivity index (χ1n) is 2.24. The van der Waals surface area contributed by atoms with Crippen molar-refractivity contribution in [1.29, 1.82) is 0 Å². The van der Waals surface area contributed by atoms with E-state index in [1.165, 1.54) is 11.0 Å². The fourth-order valence-corrected chi connectivity index (χ4v) is 0.449. The van der Waals surface area contributed by atoms with E-state index in [0.29, 0.717) is 5.69 Å². The molecule has 0 aliphatic rings. The average Bonchev–Trinajstić information content (AvgIpc) is 2.14. The maximum Gasteiger partial charge on any atom is 0.135 e. The Morgan fingerprint density at radius 1 is 1.88 bits per heavy atom. The number of halogens is 1. The second-order valence-electron chi connectivity index (χ2n) is 1.46. The fraction of sp³-hybridized carbons (Fsp3) is 0.500. The Morgan fingerprint density at radius 2 is 2.62 bits per heavy atom. The number of aromatic nitrogens is 3. The van der Waals surface area contributed by atoms with E-state index in [-0.39, 0.29) is 0 Å². The molecule has 0 spiro atoms. The largest absolute Gasteiger partial charge is 0.244 e. The van der Waals surface area contributed by atoms with Crippen LogP contribution in [0.1, 0.15) is 5.69 Å².